The molecule has 0 spiro atoms. The van der Waals surface area contributed by atoms with Crippen LogP contribution in [0.15, 0.2) is 0 Å². The van der Waals surface area contributed by atoms with E-state index < -0.39 is 83.4 Å². The Morgan fingerprint density at radius 1 is 0.224 bits per heavy atom. The van der Waals surface area contributed by atoms with E-state index in [2.05, 4.69) is 11.7 Å². The molecule has 0 aliphatic heterocycles. The van der Waals surface area contributed by atoms with E-state index in [0.29, 0.717) is 0 Å². The Bertz CT molecular complexity index is 3300. The van der Waals surface area contributed by atoms with Crippen molar-refractivity contribution in [3.63, 3.8) is 0 Å². The third-order valence-electron chi connectivity index (χ3n) is 3.70. The van der Waals surface area contributed by atoms with E-state index in [1.54, 1.807) is 0 Å². The van der Waals surface area contributed by atoms with Crippen molar-refractivity contribution < 1.29 is 0 Å². The zero-order valence-electron chi connectivity index (χ0n) is 20.1. The van der Waals surface area contributed by atoms with Crippen molar-refractivity contribution in [2.45, 2.75) is 0 Å². The van der Waals surface area contributed by atoms with Crippen LogP contribution in [-0.4, -0.2) is 0 Å². The maximum absolute atomic E-state index is 5.98. The van der Waals surface area contributed by atoms with Gasteiger partial charge < -0.3 is 0 Å². The van der Waals surface area contributed by atoms with E-state index in [9.17, 15) is 0 Å². The minimum atomic E-state index is -3.73. The van der Waals surface area contributed by atoms with Crippen LogP contribution in [0.4, 0.5) is 0 Å². The zero-order chi connectivity index (χ0) is 41.1. The number of thiol groups is 1. The van der Waals surface area contributed by atoms with E-state index in [-0.39, 0.29) is 0 Å². The van der Waals surface area contributed by atoms with Gasteiger partial charge in [-0.1, -0.05) is 11.7 Å². The lowest BCUT2D eigenvalue weighted by molar-refractivity contribution is 4.98. The first-order chi connectivity index (χ1) is 20.4. The Labute approximate surface area is 441 Å². The van der Waals surface area contributed by atoms with Crippen molar-refractivity contribution >= 4 is 454 Å². The SMILES string of the molecule is S=P(=S)S(=S)(=S)S(=S)(=S)S(=S)(=S)S(=S)(=S)S(=S)(=S)S(=S)(=S)S(=S)(=S)S(=S)(=S)S(=S)(=S)S(=S)(=S)S(=S)(=S)S(=S)(=S)S(=S)(=S)S(=S)(=S)S(=S)(=S)S. The van der Waals surface area contributed by atoms with Gasteiger partial charge in [0.1, 0.15) is 0 Å². The lowest BCUT2D eigenvalue weighted by Crippen LogP contribution is -2.39. The van der Waals surface area contributed by atoms with E-state index in [4.69, 9.17) is 359 Å². The average molecular weight is 1570 g/mol. The standard InChI is InChI=1S/HPS48/c2-1(3)35(4,5)37(9,10)39(13,14)41(17,18)43(21,22)45(25,26)47(29,30)49(33,34)48(31,32)46(27,28)44(23,24)42(19,20)40(15,16)38(11,12)36(6,7)8/h(H,6,7,8). The highest BCUT2D eigenvalue weighted by atomic mass is 34.5. The number of hydrogen-bond donors (Lipinski definition) is 1. The molecular weight excluding hydrogens is 1570 g/mol. The molecule has 0 bridgehead atoms. The topological polar surface area (TPSA) is 0 Å². The molecule has 294 valence electrons. The maximum atomic E-state index is 5.98. The molecule has 0 aliphatic rings. The van der Waals surface area contributed by atoms with Crippen LogP contribution < -0.4 is 0 Å². The van der Waals surface area contributed by atoms with Crippen molar-refractivity contribution in [2.24, 2.45) is 0 Å². The van der Waals surface area contributed by atoms with Gasteiger partial charge in [-0.05, 0) is 359 Å². The summed E-state index contributed by atoms with van der Waals surface area (Å²) < 4.78 is -1.89. The van der Waals surface area contributed by atoms with Gasteiger partial charge in [0.25, 0.3) is 0 Å². The molecule has 0 aliphatic carbocycles. The molecule has 0 atom stereocenters. The minimum Gasteiger partial charge on any atom is -0.0917 e. The molecule has 0 saturated heterocycles. The van der Waals surface area contributed by atoms with Crippen molar-refractivity contribution in [1.82, 2.24) is 0 Å². The molecular formula is HPS48. The lowest BCUT2D eigenvalue weighted by atomic mass is 29.6. The van der Waals surface area contributed by atoms with Crippen LogP contribution in [0.2, 0.25) is 0 Å². The Morgan fingerprint density at radius 2 is 0.347 bits per heavy atom. The average Bonchev–Trinajstić information content (AvgIpc) is 2.86. The van der Waals surface area contributed by atoms with Crippen LogP contribution in [0.3, 0.4) is 0 Å². The summed E-state index contributed by atoms with van der Waals surface area (Å²) in [6.07, 6.45) is 0. The van der Waals surface area contributed by atoms with Gasteiger partial charge in [-0.15, -0.1) is 0 Å². The van der Waals surface area contributed by atoms with E-state index in [0.717, 1.165) is 0 Å². The molecule has 0 unspecified atom stereocenters. The molecule has 0 amide bonds. The smallest absolute Gasteiger partial charge is 0.0883 e. The van der Waals surface area contributed by atoms with Crippen molar-refractivity contribution in [2.75, 3.05) is 0 Å². The molecule has 49 heteroatoms. The van der Waals surface area contributed by atoms with E-state index in [1.165, 1.54) is 0 Å². The molecule has 0 saturated carbocycles. The summed E-state index contributed by atoms with van der Waals surface area (Å²) in [6, 6.07) is 0. The molecule has 0 aromatic rings. The highest BCUT2D eigenvalue weighted by molar-refractivity contribution is 9.78. The molecule has 0 nitrogen and oxygen atoms in total. The summed E-state index contributed by atoms with van der Waals surface area (Å²) in [6.45, 7) is 0. The number of rotatable bonds is 15. The van der Waals surface area contributed by atoms with Crippen LogP contribution in [0.1, 0.15) is 0 Å². The largest absolute Gasteiger partial charge is 0.0917 e. The second-order valence-corrected chi connectivity index (χ2v) is 172. The van der Waals surface area contributed by atoms with Gasteiger partial charge in [0.2, 0.25) is 0 Å². The fourth-order valence-corrected chi connectivity index (χ4v) is 342. The molecule has 0 aromatic carbocycles. The van der Waals surface area contributed by atoms with Gasteiger partial charge in [0.05, 0.1) is 4.67 Å². The summed E-state index contributed by atoms with van der Waals surface area (Å²) in [4.78, 5) is 0. The minimum absolute atomic E-state index is 1.89. The summed E-state index contributed by atoms with van der Waals surface area (Å²) >= 11 is 189. The van der Waals surface area contributed by atoms with E-state index in [1.807, 2.05) is 0 Å². The fraction of sp³-hybridized carbons (Fsp3) is 0. The van der Waals surface area contributed by atoms with Gasteiger partial charge in [-0.25, -0.2) is 0 Å². The normalized spacial score (nSPS) is 16.4. The third kappa shape index (κ3) is 10.1. The van der Waals surface area contributed by atoms with Crippen LogP contribution in [-0.2, 0) is 438 Å². The van der Waals surface area contributed by atoms with Crippen LogP contribution in [0, 0.1) is 0 Å². The van der Waals surface area contributed by atoms with Crippen molar-refractivity contribution in [1.29, 1.82) is 0 Å². The summed E-state index contributed by atoms with van der Waals surface area (Å²) in [5.41, 5.74) is 0. The zero-order valence-corrected chi connectivity index (χ0v) is 60.2. The Balaban J connectivity index is 8.32. The predicted octanol–water partition coefficient (Wildman–Crippen LogP) is 1.13. The molecule has 0 heterocycles. The molecule has 0 fully saturated rings. The third-order valence-corrected chi connectivity index (χ3v) is 300. The fourth-order valence-electron chi connectivity index (χ4n) is 1.41. The van der Waals surface area contributed by atoms with Gasteiger partial charge in [0.15, 0.2) is 0 Å². The van der Waals surface area contributed by atoms with Crippen LogP contribution >= 0.6 is 16.3 Å². The first-order valence-electron chi connectivity index (χ1n) is 8.06. The first-order valence-corrected chi connectivity index (χ1v) is 72.6. The molecule has 0 rings (SSSR count). The van der Waals surface area contributed by atoms with Gasteiger partial charge in [-0.2, -0.15) is 0 Å². The van der Waals surface area contributed by atoms with Gasteiger partial charge >= 0.3 is 0 Å². The Morgan fingerprint density at radius 3 is 0.469 bits per heavy atom. The predicted molar refractivity (Wildman–Crippen MR) is 362 cm³/mol. The molecule has 0 radical (unpaired) electrons. The summed E-state index contributed by atoms with van der Waals surface area (Å²) in [5, 5.41) is -49.1. The number of hydrogen-bond acceptors (Lipinski definition) is 32. The second-order valence-electron chi connectivity index (χ2n) is 6.39. The monoisotopic (exact) mass is 1570 g/mol. The summed E-state index contributed by atoms with van der Waals surface area (Å²) in [5.74, 6) is -2.96. The first kappa shape index (κ1) is 61.9. The highest BCUT2D eigenvalue weighted by Gasteiger charge is 2.45. The van der Waals surface area contributed by atoms with Crippen LogP contribution in [0.5, 0.6) is 0 Å². The molecule has 49 heavy (non-hydrogen) atoms. The summed E-state index contributed by atoms with van der Waals surface area (Å²) in [7, 11) is 0. The Kier molecular flexibility index (Phi) is 24.7. The van der Waals surface area contributed by atoms with Crippen molar-refractivity contribution in [3.05, 3.63) is 0 Å². The molecule has 0 aromatic heterocycles. The van der Waals surface area contributed by atoms with E-state index >= 15 is 0 Å². The highest BCUT2D eigenvalue weighted by Crippen LogP contribution is 2.43. The quantitative estimate of drug-likeness (QED) is 0.142. The second kappa shape index (κ2) is 19.5. The Hall–Kier alpha value is 12.9. The van der Waals surface area contributed by atoms with Crippen LogP contribution in [0.25, 0.3) is 0 Å². The van der Waals surface area contributed by atoms with Gasteiger partial charge in [0, 0.05) is 78.7 Å². The lowest BCUT2D eigenvalue weighted by Gasteiger charge is -2.35. The van der Waals surface area contributed by atoms with Crippen molar-refractivity contribution in [3.8, 4) is 0 Å². The van der Waals surface area contributed by atoms with Gasteiger partial charge in [-0.3, -0.25) is 0 Å². The maximum Gasteiger partial charge on any atom is 0.0883 e. The molecule has 0 N–H and O–H groups in total.